The molecule has 2 atom stereocenters. The van der Waals surface area contributed by atoms with Crippen LogP contribution in [-0.2, 0) is 23.7 Å². The monoisotopic (exact) mass is 735 g/mol. The van der Waals surface area contributed by atoms with Crippen LogP contribution in [0.2, 0.25) is 0 Å². The van der Waals surface area contributed by atoms with E-state index in [4.69, 9.17) is 0 Å². The Labute approximate surface area is 332 Å². The number of allylic oxidation sites excluding steroid dienone is 4. The fourth-order valence-corrected chi connectivity index (χ4v) is 12.1. The third-order valence-corrected chi connectivity index (χ3v) is 14.9. The molecule has 12 rings (SSSR count). The summed E-state index contributed by atoms with van der Waals surface area (Å²) in [6, 6.07) is 57.8. The second-order valence-corrected chi connectivity index (χ2v) is 18.1. The summed E-state index contributed by atoms with van der Waals surface area (Å²) < 4.78 is 2.66. The lowest BCUT2D eigenvalue weighted by Crippen LogP contribution is -2.25. The highest BCUT2D eigenvalue weighted by molar-refractivity contribution is 7.25. The Hall–Kier alpha value is -5.96. The molecule has 1 heterocycles. The van der Waals surface area contributed by atoms with E-state index in [1.807, 2.05) is 11.3 Å². The van der Waals surface area contributed by atoms with Gasteiger partial charge in [0.25, 0.3) is 0 Å². The fraction of sp³-hybridized carbons (Fsp3) is 0.148. The maximum atomic E-state index is 2.51. The van der Waals surface area contributed by atoms with Crippen molar-refractivity contribution in [3.63, 3.8) is 0 Å². The first-order chi connectivity index (χ1) is 27.5. The Morgan fingerprint density at radius 2 is 1.18 bits per heavy atom. The van der Waals surface area contributed by atoms with E-state index in [1.165, 1.54) is 87.2 Å². The van der Waals surface area contributed by atoms with Crippen molar-refractivity contribution in [2.45, 2.75) is 43.4 Å². The first-order valence-corrected chi connectivity index (χ1v) is 20.9. The highest BCUT2D eigenvalue weighted by Crippen LogP contribution is 2.57. The van der Waals surface area contributed by atoms with Crippen LogP contribution in [-0.4, -0.2) is 0 Å². The number of rotatable bonds is 4. The van der Waals surface area contributed by atoms with Crippen molar-refractivity contribution in [2.75, 3.05) is 4.90 Å². The van der Waals surface area contributed by atoms with Gasteiger partial charge in [-0.15, -0.1) is 11.3 Å². The molecular formula is C54H41NS. The van der Waals surface area contributed by atoms with Crippen molar-refractivity contribution >= 4 is 48.6 Å². The van der Waals surface area contributed by atoms with Gasteiger partial charge < -0.3 is 4.90 Å². The number of nitrogens with zero attached hydrogens (tertiary/aromatic N) is 1. The minimum absolute atomic E-state index is 0.0166. The molecule has 0 amide bonds. The molecule has 0 saturated heterocycles. The summed E-state index contributed by atoms with van der Waals surface area (Å²) in [7, 11) is 0. The van der Waals surface area contributed by atoms with Crippen molar-refractivity contribution in [1.29, 1.82) is 0 Å². The summed E-state index contributed by atoms with van der Waals surface area (Å²) in [5, 5.41) is 2.64. The number of fused-ring (bicyclic) bond motifs is 12. The molecule has 1 spiro atoms. The molecule has 0 radical (unpaired) electrons. The molecule has 1 nitrogen and oxygen atoms in total. The van der Waals surface area contributed by atoms with Crippen LogP contribution in [0.15, 0.2) is 176 Å². The van der Waals surface area contributed by atoms with Crippen molar-refractivity contribution in [1.82, 2.24) is 0 Å². The predicted molar refractivity (Wildman–Crippen MR) is 237 cm³/mol. The zero-order valence-electron chi connectivity index (χ0n) is 31.7. The Bertz CT molecular complexity index is 2950. The first kappa shape index (κ1) is 32.3. The van der Waals surface area contributed by atoms with Gasteiger partial charge in [-0.1, -0.05) is 135 Å². The minimum atomic E-state index is -0.0166. The van der Waals surface area contributed by atoms with Crippen molar-refractivity contribution in [2.24, 2.45) is 5.92 Å². The normalized spacial score (nSPS) is 18.9. The van der Waals surface area contributed by atoms with E-state index >= 15 is 0 Å². The van der Waals surface area contributed by atoms with Gasteiger partial charge in [0.05, 0.1) is 0 Å². The van der Waals surface area contributed by atoms with E-state index in [0.717, 1.165) is 18.5 Å². The van der Waals surface area contributed by atoms with E-state index in [0.29, 0.717) is 11.8 Å². The average Bonchev–Trinajstić information content (AvgIpc) is 3.96. The lowest BCUT2D eigenvalue weighted by atomic mass is 9.74. The maximum Gasteiger partial charge on any atom is 0.0468 e. The molecule has 1 aromatic heterocycles. The van der Waals surface area contributed by atoms with Crippen LogP contribution in [0.4, 0.5) is 17.1 Å². The molecule has 0 fully saturated rings. The van der Waals surface area contributed by atoms with Crippen LogP contribution in [0.25, 0.3) is 42.4 Å². The summed E-state index contributed by atoms with van der Waals surface area (Å²) >= 11 is 1.88. The lowest BCUT2D eigenvalue weighted by Gasteiger charge is -2.30. The summed E-state index contributed by atoms with van der Waals surface area (Å²) in [4.78, 5) is 2.48. The van der Waals surface area contributed by atoms with E-state index < -0.39 is 0 Å². The Kier molecular flexibility index (Phi) is 6.79. The van der Waals surface area contributed by atoms with Gasteiger partial charge in [0, 0.05) is 48.6 Å². The summed E-state index contributed by atoms with van der Waals surface area (Å²) in [5.74, 6) is 0.898. The zero-order chi connectivity index (χ0) is 37.2. The Balaban J connectivity index is 0.976. The molecule has 268 valence electrons. The summed E-state index contributed by atoms with van der Waals surface area (Å²) in [5.41, 5.74) is 17.7. The third-order valence-electron chi connectivity index (χ3n) is 13.8. The Morgan fingerprint density at radius 3 is 2.04 bits per heavy atom. The number of anilines is 3. The molecule has 2 heteroatoms. The van der Waals surface area contributed by atoms with Gasteiger partial charge in [-0.2, -0.15) is 0 Å². The van der Waals surface area contributed by atoms with Gasteiger partial charge in [-0.25, -0.2) is 0 Å². The van der Waals surface area contributed by atoms with Crippen molar-refractivity contribution in [3.05, 3.63) is 209 Å². The molecule has 7 aromatic carbocycles. The van der Waals surface area contributed by atoms with E-state index in [9.17, 15) is 0 Å². The third kappa shape index (κ3) is 4.54. The molecule has 0 aliphatic heterocycles. The van der Waals surface area contributed by atoms with Crippen LogP contribution in [0, 0.1) is 5.92 Å². The number of hydrogen-bond acceptors (Lipinski definition) is 2. The van der Waals surface area contributed by atoms with Gasteiger partial charge in [0.2, 0.25) is 0 Å². The minimum Gasteiger partial charge on any atom is -0.310 e. The molecule has 4 aliphatic rings. The van der Waals surface area contributed by atoms with Gasteiger partial charge in [-0.3, -0.25) is 0 Å². The van der Waals surface area contributed by atoms with Crippen LogP contribution in [0.3, 0.4) is 0 Å². The highest BCUT2D eigenvalue weighted by atomic mass is 32.1. The Morgan fingerprint density at radius 1 is 0.518 bits per heavy atom. The zero-order valence-corrected chi connectivity index (χ0v) is 32.5. The molecule has 0 N–H and O–H groups in total. The summed E-state index contributed by atoms with van der Waals surface area (Å²) in [6.07, 6.45) is 11.4. The summed E-state index contributed by atoms with van der Waals surface area (Å²) in [6.45, 7) is 4.85. The standard InChI is InChI=1S/C54H41NS/c1-53(2)47-16-8-5-13-41(47)43-27-24-40(31-49(43)53)55(39-25-28-52-46(30-39)45-15-7-10-18-51(45)56-52)38-22-19-34(20-23-38)35-21-26-44-42-14-6-9-17-48(42)54(50(44)29-35)32-36-11-3-4-12-37(36)33-54/h3-31,41,47H,32-33H2,1-2H3. The number of hydrogen-bond donors (Lipinski definition) is 0. The van der Waals surface area contributed by atoms with Gasteiger partial charge >= 0.3 is 0 Å². The SMILES string of the molecule is CC1(C)c2cc(N(c3ccc(-c4ccc5c(c4)C4(Cc6ccccc6C4)c4ccccc4-5)cc3)c3ccc4sc5ccccc5c4c3)ccc2C2C=CC=CC21. The lowest BCUT2D eigenvalue weighted by molar-refractivity contribution is 0.394. The predicted octanol–water partition coefficient (Wildman–Crippen LogP) is 14.4. The van der Waals surface area contributed by atoms with Crippen LogP contribution < -0.4 is 4.90 Å². The van der Waals surface area contributed by atoms with Crippen LogP contribution >= 0.6 is 11.3 Å². The molecule has 56 heavy (non-hydrogen) atoms. The quantitative estimate of drug-likeness (QED) is 0.174. The molecule has 0 bridgehead atoms. The molecule has 8 aromatic rings. The van der Waals surface area contributed by atoms with Gasteiger partial charge in [0.1, 0.15) is 0 Å². The second-order valence-electron chi connectivity index (χ2n) is 17.0. The first-order valence-electron chi connectivity index (χ1n) is 20.1. The van der Waals surface area contributed by atoms with Crippen LogP contribution in [0.1, 0.15) is 53.1 Å². The highest BCUT2D eigenvalue weighted by Gasteiger charge is 2.47. The number of benzene rings is 7. The van der Waals surface area contributed by atoms with E-state index in [-0.39, 0.29) is 10.8 Å². The smallest absolute Gasteiger partial charge is 0.0468 e. The fourth-order valence-electron chi connectivity index (χ4n) is 11.0. The van der Waals surface area contributed by atoms with Gasteiger partial charge in [-0.05, 0) is 134 Å². The largest absolute Gasteiger partial charge is 0.310 e. The molecule has 2 unspecified atom stereocenters. The maximum absolute atomic E-state index is 2.51. The second kappa shape index (κ2) is 11.8. The molecular weight excluding hydrogens is 695 g/mol. The molecule has 4 aliphatic carbocycles. The van der Waals surface area contributed by atoms with Gasteiger partial charge in [0.15, 0.2) is 0 Å². The van der Waals surface area contributed by atoms with E-state index in [2.05, 4.69) is 195 Å². The average molecular weight is 736 g/mol. The van der Waals surface area contributed by atoms with Crippen LogP contribution in [0.5, 0.6) is 0 Å². The topological polar surface area (TPSA) is 3.24 Å². The molecule has 0 saturated carbocycles. The van der Waals surface area contributed by atoms with Crippen molar-refractivity contribution < 1.29 is 0 Å². The number of thiophene rings is 1. The van der Waals surface area contributed by atoms with Crippen molar-refractivity contribution in [3.8, 4) is 22.3 Å². The van der Waals surface area contributed by atoms with E-state index in [1.54, 1.807) is 0 Å².